The number of benzene rings is 2. The molecule has 3 aromatic rings. The maximum atomic E-state index is 13.0. The molecular weight excluding hydrogens is 329 g/mol. The van der Waals surface area contributed by atoms with E-state index in [0.717, 1.165) is 11.3 Å². The van der Waals surface area contributed by atoms with Crippen molar-refractivity contribution < 1.29 is 9.18 Å². The van der Waals surface area contributed by atoms with Gasteiger partial charge in [-0.1, -0.05) is 23.7 Å². The summed E-state index contributed by atoms with van der Waals surface area (Å²) < 4.78 is 16.2. The summed E-state index contributed by atoms with van der Waals surface area (Å²) in [7, 11) is 1.76. The number of nitrogens with zero attached hydrogens (tertiary/aromatic N) is 2. The number of aromatic nitrogens is 2. The summed E-state index contributed by atoms with van der Waals surface area (Å²) in [4.78, 5) is 12.3. The number of halogens is 2. The Labute approximate surface area is 143 Å². The van der Waals surface area contributed by atoms with Crippen molar-refractivity contribution in [1.82, 2.24) is 9.13 Å². The Morgan fingerprint density at radius 1 is 1.21 bits per heavy atom. The van der Waals surface area contributed by atoms with Crippen LogP contribution < -0.4 is 5.62 Å². The van der Waals surface area contributed by atoms with Crippen molar-refractivity contribution in [2.75, 3.05) is 0 Å². The Balaban J connectivity index is 1.92. The predicted octanol–water partition coefficient (Wildman–Crippen LogP) is 3.65. The van der Waals surface area contributed by atoms with Gasteiger partial charge in [-0.25, -0.2) is 4.39 Å². The summed E-state index contributed by atoms with van der Waals surface area (Å²) in [5.74, 6) is -0.569. The Bertz CT molecular complexity index is 957. The van der Waals surface area contributed by atoms with Crippen LogP contribution in [0.5, 0.6) is 0 Å². The zero-order chi connectivity index (χ0) is 17.3. The molecule has 0 spiro atoms. The van der Waals surface area contributed by atoms with Gasteiger partial charge in [0.15, 0.2) is 5.78 Å². The second kappa shape index (κ2) is 6.45. The van der Waals surface area contributed by atoms with Crippen LogP contribution in [0.3, 0.4) is 0 Å². The van der Waals surface area contributed by atoms with Crippen LogP contribution in [-0.2, 0) is 13.6 Å². The predicted molar refractivity (Wildman–Crippen MR) is 90.4 cm³/mol. The van der Waals surface area contributed by atoms with Crippen molar-refractivity contribution in [2.45, 2.75) is 6.54 Å². The molecule has 3 rings (SSSR count). The summed E-state index contributed by atoms with van der Waals surface area (Å²) in [5, 5.41) is 8.80. The van der Waals surface area contributed by atoms with E-state index in [0.29, 0.717) is 10.6 Å². The average molecular weight is 344 g/mol. The Morgan fingerprint density at radius 3 is 2.58 bits per heavy atom. The summed E-state index contributed by atoms with van der Waals surface area (Å²) in [6.07, 6.45) is 1.75. The van der Waals surface area contributed by atoms with E-state index >= 15 is 0 Å². The summed E-state index contributed by atoms with van der Waals surface area (Å²) in [6.45, 7) is 0.0128. The molecule has 0 atom stereocenters. The number of hydrogen-bond donors (Lipinski definition) is 1. The molecule has 0 amide bonds. The molecule has 0 radical (unpaired) electrons. The lowest BCUT2D eigenvalue weighted by atomic mass is 10.1. The van der Waals surface area contributed by atoms with Crippen LogP contribution in [0.2, 0.25) is 5.02 Å². The second-order valence-electron chi connectivity index (χ2n) is 5.47. The molecule has 0 aliphatic rings. The number of hydrogen-bond acceptors (Lipinski definition) is 2. The Hall–Kier alpha value is -2.66. The van der Waals surface area contributed by atoms with Crippen LogP contribution in [-0.4, -0.2) is 14.9 Å². The van der Waals surface area contributed by atoms with E-state index in [1.165, 1.54) is 24.3 Å². The second-order valence-corrected chi connectivity index (χ2v) is 5.90. The summed E-state index contributed by atoms with van der Waals surface area (Å²) in [6, 6.07) is 12.7. The van der Waals surface area contributed by atoms with Crippen molar-refractivity contribution in [3.05, 3.63) is 76.7 Å². The molecular formula is C18H15ClFN3O. The van der Waals surface area contributed by atoms with Crippen LogP contribution in [0, 0.1) is 11.2 Å². The minimum atomic E-state index is -0.386. The van der Waals surface area contributed by atoms with Crippen molar-refractivity contribution in [1.29, 1.82) is 5.41 Å². The molecule has 24 heavy (non-hydrogen) atoms. The first-order chi connectivity index (χ1) is 11.5. The van der Waals surface area contributed by atoms with Gasteiger partial charge in [0.1, 0.15) is 5.82 Å². The number of imidazole rings is 1. The number of rotatable bonds is 4. The average Bonchev–Trinajstić information content (AvgIpc) is 2.84. The molecule has 1 heterocycles. The molecule has 6 heteroatoms. The van der Waals surface area contributed by atoms with Gasteiger partial charge in [0, 0.05) is 29.4 Å². The van der Waals surface area contributed by atoms with Crippen LogP contribution in [0.1, 0.15) is 10.4 Å². The van der Waals surface area contributed by atoms with Gasteiger partial charge in [0.05, 0.1) is 12.2 Å². The lowest BCUT2D eigenvalue weighted by Crippen LogP contribution is -2.25. The highest BCUT2D eigenvalue weighted by Crippen LogP contribution is 2.21. The lowest BCUT2D eigenvalue weighted by molar-refractivity contribution is 0.0970. The largest absolute Gasteiger partial charge is 0.314 e. The van der Waals surface area contributed by atoms with E-state index in [1.807, 2.05) is 18.2 Å². The molecule has 0 unspecified atom stereocenters. The van der Waals surface area contributed by atoms with Crippen LogP contribution in [0.4, 0.5) is 4.39 Å². The molecule has 122 valence electrons. The highest BCUT2D eigenvalue weighted by atomic mass is 35.5. The molecule has 1 N–H and O–H groups in total. The summed E-state index contributed by atoms with van der Waals surface area (Å²) in [5.41, 5.74) is 2.26. The number of ketones is 1. The highest BCUT2D eigenvalue weighted by molar-refractivity contribution is 6.30. The Kier molecular flexibility index (Phi) is 4.36. The van der Waals surface area contributed by atoms with Crippen molar-refractivity contribution >= 4 is 17.4 Å². The number of nitrogens with one attached hydrogen (secondary N) is 1. The standard InChI is InChI=1S/C18H15ClFN3O/c1-22-16(13-3-2-4-14(19)9-13)10-23(18(22)21)11-17(24)12-5-7-15(20)8-6-12/h2-10,21H,11H2,1H3. The monoisotopic (exact) mass is 343 g/mol. The number of carbonyl (C=O) groups is 1. The minimum absolute atomic E-state index is 0.0128. The van der Waals surface area contributed by atoms with Gasteiger partial charge in [-0.15, -0.1) is 0 Å². The summed E-state index contributed by atoms with van der Waals surface area (Å²) >= 11 is 6.02. The fourth-order valence-corrected chi connectivity index (χ4v) is 2.71. The van der Waals surface area contributed by atoms with E-state index in [9.17, 15) is 9.18 Å². The first kappa shape index (κ1) is 16.2. The molecule has 0 fully saturated rings. The third-order valence-corrected chi connectivity index (χ3v) is 4.06. The van der Waals surface area contributed by atoms with Crippen molar-refractivity contribution in [2.24, 2.45) is 7.05 Å². The molecule has 2 aromatic carbocycles. The van der Waals surface area contributed by atoms with Gasteiger partial charge in [-0.3, -0.25) is 10.2 Å². The third kappa shape index (κ3) is 3.16. The lowest BCUT2D eigenvalue weighted by Gasteiger charge is -2.02. The van der Waals surface area contributed by atoms with E-state index in [-0.39, 0.29) is 23.8 Å². The van der Waals surface area contributed by atoms with Crippen molar-refractivity contribution in [3.63, 3.8) is 0 Å². The zero-order valence-corrected chi connectivity index (χ0v) is 13.7. The quantitative estimate of drug-likeness (QED) is 0.722. The van der Waals surface area contributed by atoms with Crippen LogP contribution in [0.25, 0.3) is 11.3 Å². The first-order valence-corrected chi connectivity index (χ1v) is 7.69. The Morgan fingerprint density at radius 2 is 1.92 bits per heavy atom. The smallest absolute Gasteiger partial charge is 0.202 e. The van der Waals surface area contributed by atoms with Gasteiger partial charge in [0.25, 0.3) is 0 Å². The minimum Gasteiger partial charge on any atom is -0.314 e. The molecule has 0 saturated carbocycles. The normalized spacial score (nSPS) is 10.8. The van der Waals surface area contributed by atoms with E-state index in [4.69, 9.17) is 17.0 Å². The molecule has 0 aliphatic heterocycles. The molecule has 0 saturated heterocycles. The fraction of sp³-hybridized carbons (Fsp3) is 0.111. The molecule has 4 nitrogen and oxygen atoms in total. The maximum Gasteiger partial charge on any atom is 0.202 e. The third-order valence-electron chi connectivity index (χ3n) is 3.83. The van der Waals surface area contributed by atoms with Gasteiger partial charge < -0.3 is 9.13 Å². The highest BCUT2D eigenvalue weighted by Gasteiger charge is 2.12. The molecule has 0 aliphatic carbocycles. The maximum absolute atomic E-state index is 13.0. The zero-order valence-electron chi connectivity index (χ0n) is 13.0. The molecule has 1 aromatic heterocycles. The van der Waals surface area contributed by atoms with E-state index < -0.39 is 0 Å². The van der Waals surface area contributed by atoms with Crippen LogP contribution >= 0.6 is 11.6 Å². The number of Topliss-reactive ketones (excluding diaryl/α,β-unsaturated/α-hetero) is 1. The van der Waals surface area contributed by atoms with Gasteiger partial charge in [0.2, 0.25) is 5.62 Å². The number of carbonyl (C=O) groups excluding carboxylic acids is 1. The topological polar surface area (TPSA) is 50.8 Å². The van der Waals surface area contributed by atoms with Gasteiger partial charge >= 0.3 is 0 Å². The van der Waals surface area contributed by atoms with E-state index in [1.54, 1.807) is 28.4 Å². The SMILES string of the molecule is Cn1c(-c2cccc(Cl)c2)cn(CC(=O)c2ccc(F)cc2)c1=N. The van der Waals surface area contributed by atoms with Gasteiger partial charge in [-0.2, -0.15) is 0 Å². The first-order valence-electron chi connectivity index (χ1n) is 7.31. The van der Waals surface area contributed by atoms with Gasteiger partial charge in [-0.05, 0) is 36.4 Å². The molecule has 0 bridgehead atoms. The fourth-order valence-electron chi connectivity index (χ4n) is 2.52. The van der Waals surface area contributed by atoms with Crippen molar-refractivity contribution in [3.8, 4) is 11.3 Å². The van der Waals surface area contributed by atoms with Crippen LogP contribution in [0.15, 0.2) is 54.7 Å². The van der Waals surface area contributed by atoms with E-state index in [2.05, 4.69) is 0 Å².